The molecule has 0 spiro atoms. The summed E-state index contributed by atoms with van der Waals surface area (Å²) in [5.41, 5.74) is -0.617. The molecule has 1 aliphatic heterocycles. The number of aliphatic carboxylic acids is 1. The van der Waals surface area contributed by atoms with E-state index in [1.807, 2.05) is 6.92 Å². The van der Waals surface area contributed by atoms with Crippen LogP contribution in [0.15, 0.2) is 0 Å². The molecule has 0 aromatic carbocycles. The van der Waals surface area contributed by atoms with Crippen LogP contribution in [-0.4, -0.2) is 47.3 Å². The number of rotatable bonds is 2. The van der Waals surface area contributed by atoms with Crippen molar-refractivity contribution in [1.29, 1.82) is 0 Å². The van der Waals surface area contributed by atoms with Gasteiger partial charge in [0, 0.05) is 13.1 Å². The summed E-state index contributed by atoms with van der Waals surface area (Å²) >= 11 is 0. The Bertz CT molecular complexity index is 272. The quantitative estimate of drug-likeness (QED) is 0.750. The minimum absolute atomic E-state index is 0.156. The third-order valence-corrected chi connectivity index (χ3v) is 4.18. The molecule has 4 heteroatoms. The lowest BCUT2D eigenvalue weighted by atomic mass is 9.87. The van der Waals surface area contributed by atoms with Crippen molar-refractivity contribution in [3.63, 3.8) is 0 Å². The zero-order valence-electron chi connectivity index (χ0n) is 10.7. The highest BCUT2D eigenvalue weighted by Crippen LogP contribution is 2.34. The highest BCUT2D eigenvalue weighted by atomic mass is 16.5. The van der Waals surface area contributed by atoms with Crippen molar-refractivity contribution in [2.24, 2.45) is 0 Å². The molecule has 4 nitrogen and oxygen atoms in total. The largest absolute Gasteiger partial charge is 0.480 e. The van der Waals surface area contributed by atoms with E-state index in [0.29, 0.717) is 6.61 Å². The Kier molecular flexibility index (Phi) is 4.05. The Balaban J connectivity index is 2.16. The van der Waals surface area contributed by atoms with Gasteiger partial charge in [0.15, 0.2) is 0 Å². The van der Waals surface area contributed by atoms with Gasteiger partial charge in [-0.05, 0) is 19.8 Å². The molecule has 2 fully saturated rings. The van der Waals surface area contributed by atoms with Gasteiger partial charge in [0.1, 0.15) is 5.54 Å². The second-order valence-electron chi connectivity index (χ2n) is 5.38. The molecule has 0 aromatic heterocycles. The summed E-state index contributed by atoms with van der Waals surface area (Å²) in [6.45, 7) is 4.21. The molecular formula is C13H23NO3. The molecule has 1 heterocycles. The van der Waals surface area contributed by atoms with Crippen molar-refractivity contribution in [3.05, 3.63) is 0 Å². The van der Waals surface area contributed by atoms with Crippen LogP contribution in [-0.2, 0) is 9.53 Å². The fraction of sp³-hybridized carbons (Fsp3) is 0.923. The summed E-state index contributed by atoms with van der Waals surface area (Å²) in [7, 11) is 0. The number of hydrogen-bond acceptors (Lipinski definition) is 3. The number of carbonyl (C=O) groups is 1. The maximum absolute atomic E-state index is 11.8. The van der Waals surface area contributed by atoms with E-state index in [9.17, 15) is 9.90 Å². The van der Waals surface area contributed by atoms with Gasteiger partial charge in [0.25, 0.3) is 0 Å². The Morgan fingerprint density at radius 2 is 1.94 bits per heavy atom. The molecule has 1 saturated carbocycles. The van der Waals surface area contributed by atoms with Crippen molar-refractivity contribution in [3.8, 4) is 0 Å². The molecule has 0 bridgehead atoms. The van der Waals surface area contributed by atoms with Crippen LogP contribution in [0.4, 0.5) is 0 Å². The fourth-order valence-electron chi connectivity index (χ4n) is 3.19. The van der Waals surface area contributed by atoms with Crippen molar-refractivity contribution in [1.82, 2.24) is 4.90 Å². The molecule has 2 rings (SSSR count). The van der Waals surface area contributed by atoms with E-state index in [1.165, 1.54) is 12.8 Å². The summed E-state index contributed by atoms with van der Waals surface area (Å²) < 4.78 is 5.52. The van der Waals surface area contributed by atoms with E-state index in [-0.39, 0.29) is 6.10 Å². The van der Waals surface area contributed by atoms with Gasteiger partial charge in [0.2, 0.25) is 0 Å². The van der Waals surface area contributed by atoms with Crippen LogP contribution >= 0.6 is 0 Å². The molecule has 2 aliphatic rings. The third-order valence-electron chi connectivity index (χ3n) is 4.18. The second kappa shape index (κ2) is 5.36. The molecule has 17 heavy (non-hydrogen) atoms. The highest BCUT2D eigenvalue weighted by molar-refractivity contribution is 5.78. The second-order valence-corrected chi connectivity index (χ2v) is 5.38. The molecule has 1 unspecified atom stereocenters. The molecule has 1 saturated heterocycles. The smallest absolute Gasteiger partial charge is 0.324 e. The Labute approximate surface area is 103 Å². The number of hydrogen-bond donors (Lipinski definition) is 1. The monoisotopic (exact) mass is 241 g/mol. The van der Waals surface area contributed by atoms with Crippen molar-refractivity contribution >= 4 is 5.97 Å². The Hall–Kier alpha value is -0.610. The number of ether oxygens (including phenoxy) is 1. The fourth-order valence-corrected chi connectivity index (χ4v) is 3.19. The maximum Gasteiger partial charge on any atom is 0.324 e. The summed E-state index contributed by atoms with van der Waals surface area (Å²) in [5, 5.41) is 9.67. The first-order valence-electron chi connectivity index (χ1n) is 6.75. The number of nitrogens with zero attached hydrogens (tertiary/aromatic N) is 1. The minimum Gasteiger partial charge on any atom is -0.480 e. The molecule has 1 atom stereocenters. The van der Waals surface area contributed by atoms with E-state index in [2.05, 4.69) is 4.90 Å². The Morgan fingerprint density at radius 3 is 2.47 bits per heavy atom. The first-order valence-corrected chi connectivity index (χ1v) is 6.75. The molecule has 0 amide bonds. The topological polar surface area (TPSA) is 49.8 Å². The number of morpholine rings is 1. The lowest BCUT2D eigenvalue weighted by Gasteiger charge is -2.44. The van der Waals surface area contributed by atoms with Crippen LogP contribution < -0.4 is 0 Å². The first kappa shape index (κ1) is 12.8. The standard InChI is InChI=1S/C13H23NO3/c1-11-10-14(8-9-17-11)13(12(15)16)6-4-2-3-5-7-13/h11H,2-10H2,1H3,(H,15,16). The SMILES string of the molecule is CC1CN(C2(C(=O)O)CCCCCC2)CCO1. The van der Waals surface area contributed by atoms with Gasteiger partial charge in [0.05, 0.1) is 12.7 Å². The van der Waals surface area contributed by atoms with Crippen LogP contribution in [0.5, 0.6) is 0 Å². The van der Waals surface area contributed by atoms with Crippen molar-refractivity contribution in [2.45, 2.75) is 57.1 Å². The molecule has 0 radical (unpaired) electrons. The summed E-state index contributed by atoms with van der Waals surface area (Å²) in [4.78, 5) is 13.9. The van der Waals surface area contributed by atoms with E-state index < -0.39 is 11.5 Å². The third kappa shape index (κ3) is 2.63. The zero-order chi connectivity index (χ0) is 12.3. The first-order chi connectivity index (χ1) is 8.15. The van der Waals surface area contributed by atoms with E-state index in [1.54, 1.807) is 0 Å². The Morgan fingerprint density at radius 1 is 1.29 bits per heavy atom. The molecular weight excluding hydrogens is 218 g/mol. The van der Waals surface area contributed by atoms with Gasteiger partial charge in [-0.25, -0.2) is 0 Å². The van der Waals surface area contributed by atoms with Crippen LogP contribution in [0.1, 0.15) is 45.4 Å². The van der Waals surface area contributed by atoms with Gasteiger partial charge in [-0.1, -0.05) is 25.7 Å². The van der Waals surface area contributed by atoms with Crippen LogP contribution in [0.25, 0.3) is 0 Å². The molecule has 1 N–H and O–H groups in total. The van der Waals surface area contributed by atoms with Gasteiger partial charge < -0.3 is 9.84 Å². The summed E-state index contributed by atoms with van der Waals surface area (Å²) in [5.74, 6) is -0.631. The highest BCUT2D eigenvalue weighted by Gasteiger charge is 2.45. The van der Waals surface area contributed by atoms with E-state index in [4.69, 9.17) is 4.74 Å². The van der Waals surface area contributed by atoms with Crippen LogP contribution in [0.3, 0.4) is 0 Å². The maximum atomic E-state index is 11.8. The van der Waals surface area contributed by atoms with E-state index in [0.717, 1.165) is 38.8 Å². The van der Waals surface area contributed by atoms with Gasteiger partial charge in [-0.3, -0.25) is 9.69 Å². The van der Waals surface area contributed by atoms with Gasteiger partial charge >= 0.3 is 5.97 Å². The average molecular weight is 241 g/mol. The number of carboxylic acids is 1. The minimum atomic E-state index is -0.631. The summed E-state index contributed by atoms with van der Waals surface area (Å²) in [6.07, 6.45) is 6.19. The van der Waals surface area contributed by atoms with Gasteiger partial charge in [-0.2, -0.15) is 0 Å². The van der Waals surface area contributed by atoms with Gasteiger partial charge in [-0.15, -0.1) is 0 Å². The molecule has 1 aliphatic carbocycles. The molecule has 98 valence electrons. The predicted octanol–water partition coefficient (Wildman–Crippen LogP) is 1.88. The normalized spacial score (nSPS) is 30.8. The lowest BCUT2D eigenvalue weighted by molar-refractivity contribution is -0.158. The van der Waals surface area contributed by atoms with Crippen molar-refractivity contribution < 1.29 is 14.6 Å². The lowest BCUT2D eigenvalue weighted by Crippen LogP contribution is -2.59. The predicted molar refractivity (Wildman–Crippen MR) is 65.1 cm³/mol. The van der Waals surface area contributed by atoms with Crippen LogP contribution in [0, 0.1) is 0 Å². The van der Waals surface area contributed by atoms with E-state index >= 15 is 0 Å². The number of carboxylic acid groups (broad SMARTS) is 1. The van der Waals surface area contributed by atoms with Crippen LogP contribution in [0.2, 0.25) is 0 Å². The zero-order valence-corrected chi connectivity index (χ0v) is 10.7. The average Bonchev–Trinajstić information content (AvgIpc) is 2.55. The van der Waals surface area contributed by atoms with Crippen molar-refractivity contribution in [2.75, 3.05) is 19.7 Å². The molecule has 0 aromatic rings. The summed E-state index contributed by atoms with van der Waals surface area (Å²) in [6, 6.07) is 0.